The van der Waals surface area contributed by atoms with E-state index in [1.807, 2.05) is 17.5 Å². The van der Waals surface area contributed by atoms with Crippen molar-refractivity contribution in [2.75, 3.05) is 0 Å². The monoisotopic (exact) mass is 163 g/mol. The molecule has 12 heavy (non-hydrogen) atoms. The van der Waals surface area contributed by atoms with Gasteiger partial charge in [0.05, 0.1) is 5.69 Å². The summed E-state index contributed by atoms with van der Waals surface area (Å²) in [6.45, 7) is 6.33. The number of hydrogen-bond donors (Lipinski definition) is 1. The second-order valence-electron chi connectivity index (χ2n) is 3.49. The molecule has 0 aliphatic carbocycles. The Morgan fingerprint density at radius 2 is 2.17 bits per heavy atom. The number of nitrogens with one attached hydrogen (secondary N) is 1. The Labute approximate surface area is 71.4 Å². The molecule has 0 saturated carbocycles. The largest absolute Gasteiger partial charge is 0.328 e. The van der Waals surface area contributed by atoms with Crippen LogP contribution in [0.2, 0.25) is 0 Å². The van der Waals surface area contributed by atoms with Gasteiger partial charge in [-0.3, -0.25) is 4.40 Å². The SMILES string of the molecule is Cc1cn2cc(C(C)C)nc2[nH]1. The Kier molecular flexibility index (Phi) is 1.46. The van der Waals surface area contributed by atoms with Gasteiger partial charge in [-0.25, -0.2) is 4.98 Å². The van der Waals surface area contributed by atoms with Crippen LogP contribution in [0.25, 0.3) is 5.78 Å². The fourth-order valence-electron chi connectivity index (χ4n) is 1.30. The highest BCUT2D eigenvalue weighted by Gasteiger charge is 2.05. The molecule has 3 heteroatoms. The summed E-state index contributed by atoms with van der Waals surface area (Å²) in [5, 5.41) is 0. The van der Waals surface area contributed by atoms with Gasteiger partial charge in [0.2, 0.25) is 5.78 Å². The number of imidazole rings is 2. The van der Waals surface area contributed by atoms with Gasteiger partial charge in [0.1, 0.15) is 0 Å². The fourth-order valence-corrected chi connectivity index (χ4v) is 1.30. The van der Waals surface area contributed by atoms with Crippen molar-refractivity contribution in [3.63, 3.8) is 0 Å². The van der Waals surface area contributed by atoms with Crippen LogP contribution in [0, 0.1) is 6.92 Å². The van der Waals surface area contributed by atoms with Crippen molar-refractivity contribution >= 4 is 5.78 Å². The van der Waals surface area contributed by atoms with E-state index in [2.05, 4.69) is 30.0 Å². The van der Waals surface area contributed by atoms with Gasteiger partial charge in [-0.1, -0.05) is 13.8 Å². The molecule has 0 aliphatic heterocycles. The molecular formula is C9H13N3. The van der Waals surface area contributed by atoms with Crippen LogP contribution in [0.4, 0.5) is 0 Å². The third-order valence-corrected chi connectivity index (χ3v) is 1.98. The number of hydrogen-bond acceptors (Lipinski definition) is 1. The smallest absolute Gasteiger partial charge is 0.211 e. The number of rotatable bonds is 1. The molecule has 64 valence electrons. The number of nitrogens with zero attached hydrogens (tertiary/aromatic N) is 2. The van der Waals surface area contributed by atoms with Gasteiger partial charge in [0.15, 0.2) is 0 Å². The minimum atomic E-state index is 0.499. The van der Waals surface area contributed by atoms with Gasteiger partial charge in [-0.05, 0) is 12.8 Å². The molecule has 0 radical (unpaired) electrons. The summed E-state index contributed by atoms with van der Waals surface area (Å²) in [5.74, 6) is 1.44. The molecule has 0 saturated heterocycles. The van der Waals surface area contributed by atoms with E-state index in [0.717, 1.165) is 17.2 Å². The van der Waals surface area contributed by atoms with Crippen molar-refractivity contribution < 1.29 is 0 Å². The Hall–Kier alpha value is -1.25. The average molecular weight is 163 g/mol. The van der Waals surface area contributed by atoms with Crippen LogP contribution in [0.3, 0.4) is 0 Å². The molecule has 1 N–H and O–H groups in total. The van der Waals surface area contributed by atoms with Crippen molar-refractivity contribution in [2.24, 2.45) is 0 Å². The summed E-state index contributed by atoms with van der Waals surface area (Å²) < 4.78 is 2.03. The van der Waals surface area contributed by atoms with E-state index in [0.29, 0.717) is 5.92 Å². The predicted octanol–water partition coefficient (Wildman–Crippen LogP) is 2.09. The van der Waals surface area contributed by atoms with Gasteiger partial charge >= 0.3 is 0 Å². The number of aryl methyl sites for hydroxylation is 1. The van der Waals surface area contributed by atoms with E-state index in [1.165, 1.54) is 0 Å². The fraction of sp³-hybridized carbons (Fsp3) is 0.444. The summed E-state index contributed by atoms with van der Waals surface area (Å²) in [6, 6.07) is 0. The lowest BCUT2D eigenvalue weighted by atomic mass is 10.2. The maximum absolute atomic E-state index is 4.44. The van der Waals surface area contributed by atoms with Crippen LogP contribution in [0.15, 0.2) is 12.4 Å². The number of aromatic nitrogens is 3. The summed E-state index contributed by atoms with van der Waals surface area (Å²) >= 11 is 0. The Balaban J connectivity index is 2.57. The predicted molar refractivity (Wildman–Crippen MR) is 48.4 cm³/mol. The first-order valence-electron chi connectivity index (χ1n) is 4.21. The zero-order valence-electron chi connectivity index (χ0n) is 7.63. The van der Waals surface area contributed by atoms with E-state index in [-0.39, 0.29) is 0 Å². The summed E-state index contributed by atoms with van der Waals surface area (Å²) in [7, 11) is 0. The average Bonchev–Trinajstić information content (AvgIpc) is 2.42. The van der Waals surface area contributed by atoms with Crippen molar-refractivity contribution in [3.05, 3.63) is 23.8 Å². The van der Waals surface area contributed by atoms with Gasteiger partial charge in [-0.15, -0.1) is 0 Å². The first-order valence-corrected chi connectivity index (χ1v) is 4.21. The minimum Gasteiger partial charge on any atom is -0.328 e. The topological polar surface area (TPSA) is 33.1 Å². The number of fused-ring (bicyclic) bond motifs is 1. The Bertz CT molecular complexity index is 363. The van der Waals surface area contributed by atoms with Crippen molar-refractivity contribution in [3.8, 4) is 0 Å². The highest BCUT2D eigenvalue weighted by molar-refractivity contribution is 5.33. The molecule has 0 unspecified atom stereocenters. The van der Waals surface area contributed by atoms with Crippen LogP contribution in [0.5, 0.6) is 0 Å². The highest BCUT2D eigenvalue weighted by Crippen LogP contribution is 2.13. The molecule has 2 aromatic heterocycles. The third-order valence-electron chi connectivity index (χ3n) is 1.98. The first kappa shape index (κ1) is 7.40. The van der Waals surface area contributed by atoms with Crippen molar-refractivity contribution in [1.29, 1.82) is 0 Å². The molecule has 0 spiro atoms. The third kappa shape index (κ3) is 1.02. The summed E-state index contributed by atoms with van der Waals surface area (Å²) in [4.78, 5) is 7.63. The molecule has 3 nitrogen and oxygen atoms in total. The van der Waals surface area contributed by atoms with Gasteiger partial charge < -0.3 is 4.98 Å². The van der Waals surface area contributed by atoms with E-state index in [9.17, 15) is 0 Å². The zero-order valence-corrected chi connectivity index (χ0v) is 7.63. The molecule has 0 aliphatic rings. The van der Waals surface area contributed by atoms with Gasteiger partial charge in [-0.2, -0.15) is 0 Å². The summed E-state index contributed by atoms with van der Waals surface area (Å²) in [6.07, 6.45) is 4.12. The molecule has 0 atom stereocenters. The van der Waals surface area contributed by atoms with E-state index in [4.69, 9.17) is 0 Å². The van der Waals surface area contributed by atoms with Gasteiger partial charge in [0, 0.05) is 18.1 Å². The van der Waals surface area contributed by atoms with Crippen LogP contribution in [0.1, 0.15) is 31.2 Å². The number of H-pyrrole nitrogens is 1. The molecule has 2 heterocycles. The second kappa shape index (κ2) is 2.37. The standard InChI is InChI=1S/C9H13N3/c1-6(2)8-5-12-4-7(3)10-9(12)11-8/h4-6H,1-3H3,(H,10,11). The van der Waals surface area contributed by atoms with Crippen molar-refractivity contribution in [2.45, 2.75) is 26.7 Å². The molecule has 2 rings (SSSR count). The lowest BCUT2D eigenvalue weighted by molar-refractivity contribution is 0.832. The molecule has 2 aromatic rings. The molecule has 0 bridgehead atoms. The second-order valence-corrected chi connectivity index (χ2v) is 3.49. The minimum absolute atomic E-state index is 0.499. The van der Waals surface area contributed by atoms with Crippen LogP contribution in [-0.4, -0.2) is 14.4 Å². The van der Waals surface area contributed by atoms with Gasteiger partial charge in [0.25, 0.3) is 0 Å². The first-order chi connectivity index (χ1) is 5.66. The molecule has 0 aromatic carbocycles. The number of aromatic amines is 1. The van der Waals surface area contributed by atoms with Crippen LogP contribution in [-0.2, 0) is 0 Å². The zero-order chi connectivity index (χ0) is 8.72. The van der Waals surface area contributed by atoms with E-state index in [1.54, 1.807) is 0 Å². The Morgan fingerprint density at radius 3 is 2.75 bits per heavy atom. The van der Waals surface area contributed by atoms with Crippen LogP contribution < -0.4 is 0 Å². The molecule has 0 amide bonds. The van der Waals surface area contributed by atoms with E-state index < -0.39 is 0 Å². The quantitative estimate of drug-likeness (QED) is 0.686. The Morgan fingerprint density at radius 1 is 1.42 bits per heavy atom. The molecule has 0 fully saturated rings. The normalized spacial score (nSPS) is 11.7. The maximum atomic E-state index is 4.44. The summed E-state index contributed by atoms with van der Waals surface area (Å²) in [5.41, 5.74) is 2.29. The molecular weight excluding hydrogens is 150 g/mol. The van der Waals surface area contributed by atoms with E-state index >= 15 is 0 Å². The van der Waals surface area contributed by atoms with Crippen LogP contribution >= 0.6 is 0 Å². The van der Waals surface area contributed by atoms with Crippen molar-refractivity contribution in [1.82, 2.24) is 14.4 Å². The lowest BCUT2D eigenvalue weighted by Gasteiger charge is -1.95. The maximum Gasteiger partial charge on any atom is 0.211 e. The lowest BCUT2D eigenvalue weighted by Crippen LogP contribution is -1.85. The highest BCUT2D eigenvalue weighted by atomic mass is 15.1.